The van der Waals surface area contributed by atoms with Gasteiger partial charge in [0.25, 0.3) is 0 Å². The summed E-state index contributed by atoms with van der Waals surface area (Å²) in [7, 11) is 0. The van der Waals surface area contributed by atoms with Crippen LogP contribution in [0.25, 0.3) is 267 Å². The van der Waals surface area contributed by atoms with Gasteiger partial charge in [0, 0.05) is 118 Å². The molecule has 0 atom stereocenters. The van der Waals surface area contributed by atoms with E-state index in [1.807, 2.05) is 128 Å². The van der Waals surface area contributed by atoms with Gasteiger partial charge in [-0.2, -0.15) is 9.97 Å². The van der Waals surface area contributed by atoms with Crippen LogP contribution in [0.15, 0.2) is 534 Å². The van der Waals surface area contributed by atoms with Crippen molar-refractivity contribution < 1.29 is 0 Å². The third-order valence-corrected chi connectivity index (χ3v) is 29.0. The fourth-order valence-electron chi connectivity index (χ4n) is 22.3. The molecule has 30 aromatic rings. The molecule has 0 unspecified atom stereocenters. The van der Waals surface area contributed by atoms with Crippen LogP contribution in [0.5, 0.6) is 0 Å². The number of nitrogens with zero attached hydrogens (tertiary/aromatic N) is 14. The molecule has 30 rings (SSSR count). The second-order valence-corrected chi connectivity index (χ2v) is 37.7. The van der Waals surface area contributed by atoms with Crippen LogP contribution in [0.2, 0.25) is 0 Å². The summed E-state index contributed by atoms with van der Waals surface area (Å²) in [5.74, 6) is 3.35. The summed E-state index contributed by atoms with van der Waals surface area (Å²) < 4.78 is 13.8. The maximum atomic E-state index is 5.22. The van der Waals surface area contributed by atoms with E-state index in [0.29, 0.717) is 23.4 Å². The second-order valence-electron chi connectivity index (χ2n) is 37.7. The molecule has 11 heterocycles. The van der Waals surface area contributed by atoms with Crippen LogP contribution in [0.1, 0.15) is 0 Å². The van der Waals surface area contributed by atoms with E-state index in [4.69, 9.17) is 39.9 Å². The van der Waals surface area contributed by atoms with Gasteiger partial charge < -0.3 is 18.3 Å². The first-order valence-electron chi connectivity index (χ1n) is 50.5. The molecule has 150 heavy (non-hydrogen) atoms. The molecule has 19 aromatic carbocycles. The fourth-order valence-corrected chi connectivity index (χ4v) is 22.3. The van der Waals surface area contributed by atoms with Crippen LogP contribution in [-0.2, 0) is 0 Å². The molecule has 702 valence electrons. The summed E-state index contributed by atoms with van der Waals surface area (Å²) in [4.78, 5) is 40.1. The highest BCUT2D eigenvalue weighted by Crippen LogP contribution is 2.48. The normalized spacial score (nSPS) is 11.6. The Hall–Kier alpha value is -20.5. The van der Waals surface area contributed by atoms with Crippen LogP contribution >= 0.6 is 0 Å². The number of aromatic nitrogens is 14. The molecular weight excluding hydrogens is 1830 g/mol. The second kappa shape index (κ2) is 37.0. The molecule has 14 nitrogen and oxygen atoms in total. The summed E-state index contributed by atoms with van der Waals surface area (Å²) in [6.45, 7) is 0. The highest BCUT2D eigenvalue weighted by atomic mass is 15.2. The zero-order valence-corrected chi connectivity index (χ0v) is 81.1. The predicted octanol–water partition coefficient (Wildman–Crippen LogP) is 33.8. The molecule has 0 aliphatic carbocycles. The number of benzene rings is 19. The van der Waals surface area contributed by atoms with E-state index < -0.39 is 0 Å². The molecule has 0 saturated carbocycles. The van der Waals surface area contributed by atoms with Crippen molar-refractivity contribution in [3.63, 3.8) is 0 Å². The van der Waals surface area contributed by atoms with E-state index in [1.54, 1.807) is 0 Å². The number of fused-ring (bicyclic) bond motifs is 18. The molecule has 0 amide bonds. The van der Waals surface area contributed by atoms with Crippen LogP contribution < -0.4 is 0 Å². The summed E-state index contributed by atoms with van der Waals surface area (Å²) >= 11 is 0. The lowest BCUT2D eigenvalue weighted by atomic mass is 9.98. The zero-order valence-electron chi connectivity index (χ0n) is 81.1. The van der Waals surface area contributed by atoms with Crippen molar-refractivity contribution >= 4 is 131 Å². The predicted molar refractivity (Wildman–Crippen MR) is 617 cm³/mol. The highest BCUT2D eigenvalue weighted by molar-refractivity contribution is 6.21. The van der Waals surface area contributed by atoms with Crippen molar-refractivity contribution in [1.29, 1.82) is 0 Å². The Labute approximate surface area is 862 Å². The van der Waals surface area contributed by atoms with Crippen molar-refractivity contribution in [2.45, 2.75) is 0 Å². The third-order valence-electron chi connectivity index (χ3n) is 29.0. The smallest absolute Gasteiger partial charge is 0.238 e. The lowest BCUT2D eigenvalue weighted by molar-refractivity contribution is 0.953. The molecule has 0 radical (unpaired) electrons. The minimum absolute atomic E-state index is 0.576. The lowest BCUT2D eigenvalue weighted by Crippen LogP contribution is -2.06. The summed E-state index contributed by atoms with van der Waals surface area (Å²) in [6, 6.07) is 181. The quantitative estimate of drug-likeness (QED) is 0.0991. The van der Waals surface area contributed by atoms with Gasteiger partial charge in [-0.25, -0.2) is 15.0 Å². The number of para-hydroxylation sites is 5. The van der Waals surface area contributed by atoms with Crippen LogP contribution in [0, 0.1) is 0 Å². The number of rotatable bonds is 15. The number of hydrogen-bond acceptors (Lipinski definition) is 8. The SMILES string of the molecule is c1ccc(-c2cc(-n3c4ccccc4c4c(-c5ccc6c(c5)c5ncccc5n6-c5ccccc5)cccc43)nc(-c3ccccc3)n2)cc1.c1ccc(-c2ccc(-n3c4ccc(-c5cccc6c5c5ccccc5n6-c5cccc(-c6ccccc6)c5)cc4c4ncccc43)cc2)cc1.c1ccc(-c2nc(-c3ccccc3)nc(-n3c4ccccc4c4c(-c5ccc6c(c5)c5ncccc5n6-c5ccccc5)cccc43)n2)cc1. The van der Waals surface area contributed by atoms with Crippen molar-refractivity contribution in [2.24, 2.45) is 0 Å². The molecular formula is C136H88N14. The van der Waals surface area contributed by atoms with E-state index >= 15 is 0 Å². The van der Waals surface area contributed by atoms with Crippen LogP contribution in [0.3, 0.4) is 0 Å². The first-order chi connectivity index (χ1) is 74.4. The third kappa shape index (κ3) is 15.2. The average Bonchev–Trinajstić information content (AvgIpc) is 1.57. The summed E-state index contributed by atoms with van der Waals surface area (Å²) in [5.41, 5.74) is 37.3. The Bertz CT molecular complexity index is 9930. The first-order valence-corrected chi connectivity index (χ1v) is 50.5. The van der Waals surface area contributed by atoms with Crippen LogP contribution in [-0.4, -0.2) is 67.3 Å². The Kier molecular flexibility index (Phi) is 21.6. The van der Waals surface area contributed by atoms with Gasteiger partial charge in [0.2, 0.25) is 5.95 Å². The minimum Gasteiger partial charge on any atom is -0.309 e. The number of hydrogen-bond donors (Lipinski definition) is 0. The molecule has 0 fully saturated rings. The van der Waals surface area contributed by atoms with Crippen molar-refractivity contribution in [3.05, 3.63) is 534 Å². The Morgan fingerprint density at radius 3 is 0.860 bits per heavy atom. The zero-order chi connectivity index (χ0) is 99.1. The van der Waals surface area contributed by atoms with E-state index in [0.717, 1.165) is 177 Å². The Morgan fingerprint density at radius 1 is 0.147 bits per heavy atom. The maximum Gasteiger partial charge on any atom is 0.238 e. The van der Waals surface area contributed by atoms with E-state index in [1.165, 1.54) is 66.0 Å². The van der Waals surface area contributed by atoms with Gasteiger partial charge in [0.05, 0.1) is 88.4 Å². The summed E-state index contributed by atoms with van der Waals surface area (Å²) in [6.07, 6.45) is 5.66. The topological polar surface area (TPSA) is 133 Å². The van der Waals surface area contributed by atoms with Crippen molar-refractivity contribution in [3.8, 4) is 136 Å². The van der Waals surface area contributed by atoms with Gasteiger partial charge in [0.15, 0.2) is 17.5 Å². The molecule has 0 spiro atoms. The standard InChI is InChI=1S/C47H31N3.C45H29N5.C44H28N6/c1-3-12-32(13-4-1)34-23-26-37(27-24-34)49-43-28-25-36(31-41(43)47-45(49)22-11-29-48-47)39-19-10-21-44-46(39)40-18-7-8-20-42(40)50(44)38-17-9-16-35(30-38)33-14-5-2-6-15-33;1-4-14-30(15-5-1)37-29-42(48-45(47-37)31-16-6-2-7-17-31)50-38-22-11-10-20-35(38)43-34(21-12-23-40(43)50)32-25-26-39-36(28-32)44-41(24-13-27-46-44)49(39)33-18-8-3-9-19-33;1-4-14-29(15-5-1)42-46-43(30-16-6-2-7-17-30)48-44(47-42)50-36-22-11-10-20-34(36)40-33(21-12-23-38(40)50)31-25-26-37-35(28-31)41-39(24-13-27-45-41)49(37)32-18-8-3-9-19-32/h1-31H;1-29H;1-28H. The van der Waals surface area contributed by atoms with Gasteiger partial charge in [-0.05, 0) is 213 Å². The maximum absolute atomic E-state index is 5.22. The Morgan fingerprint density at radius 2 is 0.433 bits per heavy atom. The fraction of sp³-hybridized carbons (Fsp3) is 0. The minimum atomic E-state index is 0.576. The lowest BCUT2D eigenvalue weighted by Gasteiger charge is -2.12. The van der Waals surface area contributed by atoms with Gasteiger partial charge in [-0.3, -0.25) is 24.1 Å². The van der Waals surface area contributed by atoms with Gasteiger partial charge in [-0.1, -0.05) is 352 Å². The molecule has 0 saturated heterocycles. The average molecular weight is 1920 g/mol. The monoisotopic (exact) mass is 1920 g/mol. The molecule has 0 bridgehead atoms. The number of pyridine rings is 3. The molecule has 11 aromatic heterocycles. The van der Waals surface area contributed by atoms with Crippen molar-refractivity contribution in [2.75, 3.05) is 0 Å². The summed E-state index contributed by atoms with van der Waals surface area (Å²) in [5, 5.41) is 10.5. The molecule has 14 heteroatoms. The van der Waals surface area contributed by atoms with Gasteiger partial charge in [0.1, 0.15) is 5.82 Å². The van der Waals surface area contributed by atoms with E-state index in [9.17, 15) is 0 Å². The Balaban J connectivity index is 0.000000108. The van der Waals surface area contributed by atoms with E-state index in [-0.39, 0.29) is 0 Å². The largest absolute Gasteiger partial charge is 0.309 e. The van der Waals surface area contributed by atoms with E-state index in [2.05, 4.69) is 434 Å². The molecule has 0 aliphatic heterocycles. The van der Waals surface area contributed by atoms with Gasteiger partial charge >= 0.3 is 0 Å². The first kappa shape index (κ1) is 87.3. The van der Waals surface area contributed by atoms with Crippen LogP contribution in [0.4, 0.5) is 0 Å². The van der Waals surface area contributed by atoms with Crippen molar-refractivity contribution in [1.82, 2.24) is 67.3 Å². The highest BCUT2D eigenvalue weighted by Gasteiger charge is 2.27. The molecule has 0 aliphatic rings. The molecule has 0 N–H and O–H groups in total. The van der Waals surface area contributed by atoms with Gasteiger partial charge in [-0.15, -0.1) is 0 Å².